The third-order valence-corrected chi connectivity index (χ3v) is 5.56. The van der Waals surface area contributed by atoms with Crippen LogP contribution in [0.25, 0.3) is 0 Å². The van der Waals surface area contributed by atoms with Crippen LogP contribution >= 0.6 is 23.7 Å². The molecule has 1 unspecified atom stereocenters. The summed E-state index contributed by atoms with van der Waals surface area (Å²) in [5.41, 5.74) is 1.12. The number of carbonyl (C=O) groups excluding carboxylic acids is 1. The lowest BCUT2D eigenvalue weighted by molar-refractivity contribution is 0.0678. The van der Waals surface area contributed by atoms with Crippen LogP contribution < -0.4 is 5.32 Å². The number of hydrogen-bond donors (Lipinski definition) is 1. The van der Waals surface area contributed by atoms with E-state index in [4.69, 9.17) is 0 Å². The lowest BCUT2D eigenvalue weighted by Gasteiger charge is -2.34. The Labute approximate surface area is 131 Å². The van der Waals surface area contributed by atoms with E-state index in [-0.39, 0.29) is 18.3 Å². The van der Waals surface area contributed by atoms with Crippen LogP contribution in [0.1, 0.15) is 40.9 Å². The summed E-state index contributed by atoms with van der Waals surface area (Å²) in [5, 5.41) is 5.62. The van der Waals surface area contributed by atoms with Crippen molar-refractivity contribution in [2.45, 2.75) is 38.6 Å². The number of thiophene rings is 1. The molecule has 1 N–H and O–H groups in total. The maximum absolute atomic E-state index is 12.4. The Bertz CT molecular complexity index is 448. The van der Waals surface area contributed by atoms with Crippen LogP contribution in [-0.4, -0.2) is 36.5 Å². The number of carbonyl (C=O) groups is 1. The third-order valence-electron chi connectivity index (χ3n) is 4.55. The van der Waals surface area contributed by atoms with E-state index in [1.165, 1.54) is 19.4 Å². The second-order valence-electron chi connectivity index (χ2n) is 5.77. The molecule has 3 heterocycles. The van der Waals surface area contributed by atoms with Crippen LogP contribution in [0.2, 0.25) is 0 Å². The zero-order valence-corrected chi connectivity index (χ0v) is 13.6. The van der Waals surface area contributed by atoms with Gasteiger partial charge < -0.3 is 10.2 Å². The second-order valence-corrected chi connectivity index (χ2v) is 6.68. The van der Waals surface area contributed by atoms with Crippen LogP contribution in [-0.2, 0) is 0 Å². The monoisotopic (exact) mass is 314 g/mol. The Hall–Kier alpha value is -0.580. The Morgan fingerprint density at radius 3 is 2.65 bits per heavy atom. The molecule has 0 aliphatic carbocycles. The maximum Gasteiger partial charge on any atom is 0.264 e. The molecule has 3 rings (SSSR count). The SMILES string of the molecule is Cc1ccsc1C(=O)N1CCC(C2CCCN2)CC1.Cl. The van der Waals surface area contributed by atoms with E-state index in [0.29, 0.717) is 6.04 Å². The second kappa shape index (κ2) is 6.92. The summed E-state index contributed by atoms with van der Waals surface area (Å²) in [6, 6.07) is 2.74. The first-order valence-corrected chi connectivity index (χ1v) is 8.20. The summed E-state index contributed by atoms with van der Waals surface area (Å²) in [6.07, 6.45) is 4.96. The highest BCUT2D eigenvalue weighted by molar-refractivity contribution is 7.12. The Morgan fingerprint density at radius 2 is 2.10 bits per heavy atom. The van der Waals surface area contributed by atoms with E-state index < -0.39 is 0 Å². The lowest BCUT2D eigenvalue weighted by atomic mass is 9.88. The van der Waals surface area contributed by atoms with Gasteiger partial charge in [0.05, 0.1) is 4.88 Å². The molecule has 0 spiro atoms. The van der Waals surface area contributed by atoms with Gasteiger partial charge in [0.15, 0.2) is 0 Å². The predicted molar refractivity (Wildman–Crippen MR) is 86.0 cm³/mol. The number of halogens is 1. The fourth-order valence-electron chi connectivity index (χ4n) is 3.35. The van der Waals surface area contributed by atoms with E-state index in [1.54, 1.807) is 11.3 Å². The largest absolute Gasteiger partial charge is 0.338 e. The molecule has 112 valence electrons. The minimum absolute atomic E-state index is 0. The zero-order chi connectivity index (χ0) is 13.2. The average Bonchev–Trinajstić information content (AvgIpc) is 3.09. The molecule has 1 aromatic heterocycles. The van der Waals surface area contributed by atoms with E-state index in [0.717, 1.165) is 42.3 Å². The molecular formula is C15H23ClN2OS. The fourth-order valence-corrected chi connectivity index (χ4v) is 4.25. The van der Waals surface area contributed by atoms with Crippen molar-refractivity contribution in [2.75, 3.05) is 19.6 Å². The molecule has 2 aliphatic heterocycles. The van der Waals surface area contributed by atoms with Gasteiger partial charge in [0.2, 0.25) is 0 Å². The number of aryl methyl sites for hydroxylation is 1. The summed E-state index contributed by atoms with van der Waals surface area (Å²) >= 11 is 1.57. The number of nitrogens with zero attached hydrogens (tertiary/aromatic N) is 1. The van der Waals surface area contributed by atoms with Crippen molar-refractivity contribution in [1.82, 2.24) is 10.2 Å². The van der Waals surface area contributed by atoms with Gasteiger partial charge in [-0.15, -0.1) is 23.7 Å². The summed E-state index contributed by atoms with van der Waals surface area (Å²) in [7, 11) is 0. The standard InChI is InChI=1S/C15H22N2OS.ClH/c1-11-6-10-19-14(11)15(18)17-8-4-12(5-9-17)13-3-2-7-16-13;/h6,10,12-13,16H,2-5,7-9H2,1H3;1H. The van der Waals surface area contributed by atoms with Gasteiger partial charge in [-0.25, -0.2) is 0 Å². The highest BCUT2D eigenvalue weighted by Gasteiger charge is 2.30. The molecule has 2 saturated heterocycles. The molecule has 1 amide bonds. The van der Waals surface area contributed by atoms with E-state index in [2.05, 4.69) is 5.32 Å². The van der Waals surface area contributed by atoms with Crippen molar-refractivity contribution in [3.05, 3.63) is 21.9 Å². The van der Waals surface area contributed by atoms with Gasteiger partial charge in [0.25, 0.3) is 5.91 Å². The topological polar surface area (TPSA) is 32.3 Å². The average molecular weight is 315 g/mol. The summed E-state index contributed by atoms with van der Waals surface area (Å²) < 4.78 is 0. The van der Waals surface area contributed by atoms with E-state index in [9.17, 15) is 4.79 Å². The van der Waals surface area contributed by atoms with Gasteiger partial charge in [0, 0.05) is 19.1 Å². The number of amides is 1. The minimum Gasteiger partial charge on any atom is -0.338 e. The van der Waals surface area contributed by atoms with Gasteiger partial charge in [-0.1, -0.05) is 0 Å². The van der Waals surface area contributed by atoms with Gasteiger partial charge in [-0.2, -0.15) is 0 Å². The molecule has 0 aromatic carbocycles. The molecule has 2 fully saturated rings. The van der Waals surface area contributed by atoms with Crippen molar-refractivity contribution in [1.29, 1.82) is 0 Å². The summed E-state index contributed by atoms with van der Waals surface area (Å²) in [4.78, 5) is 15.4. The Kier molecular flexibility index (Phi) is 5.47. The van der Waals surface area contributed by atoms with Gasteiger partial charge in [0.1, 0.15) is 0 Å². The normalized spacial score (nSPS) is 23.6. The predicted octanol–water partition coefficient (Wildman–Crippen LogP) is 3.08. The van der Waals surface area contributed by atoms with Crippen LogP contribution in [0.5, 0.6) is 0 Å². The van der Waals surface area contributed by atoms with Crippen LogP contribution in [0.3, 0.4) is 0 Å². The van der Waals surface area contributed by atoms with Crippen molar-refractivity contribution in [3.63, 3.8) is 0 Å². The number of piperidine rings is 1. The van der Waals surface area contributed by atoms with Crippen LogP contribution in [0.4, 0.5) is 0 Å². The number of hydrogen-bond acceptors (Lipinski definition) is 3. The van der Waals surface area contributed by atoms with Crippen LogP contribution in [0, 0.1) is 12.8 Å². The highest BCUT2D eigenvalue weighted by Crippen LogP contribution is 2.27. The molecule has 2 aliphatic rings. The molecule has 1 atom stereocenters. The zero-order valence-electron chi connectivity index (χ0n) is 11.9. The summed E-state index contributed by atoms with van der Waals surface area (Å²) in [5.74, 6) is 1.02. The summed E-state index contributed by atoms with van der Waals surface area (Å²) in [6.45, 7) is 5.06. The van der Waals surface area contributed by atoms with Crippen molar-refractivity contribution >= 4 is 29.7 Å². The first kappa shape index (κ1) is 15.8. The maximum atomic E-state index is 12.4. The molecule has 1 aromatic rings. The van der Waals surface area contributed by atoms with Crippen molar-refractivity contribution in [2.24, 2.45) is 5.92 Å². The fraction of sp³-hybridized carbons (Fsp3) is 0.667. The van der Waals surface area contributed by atoms with E-state index in [1.807, 2.05) is 23.3 Å². The highest BCUT2D eigenvalue weighted by atomic mass is 35.5. The van der Waals surface area contributed by atoms with Crippen molar-refractivity contribution in [3.8, 4) is 0 Å². The number of nitrogens with one attached hydrogen (secondary N) is 1. The smallest absolute Gasteiger partial charge is 0.264 e. The van der Waals surface area contributed by atoms with Crippen LogP contribution in [0.15, 0.2) is 11.4 Å². The minimum atomic E-state index is 0. The molecule has 5 heteroatoms. The lowest BCUT2D eigenvalue weighted by Crippen LogP contribution is -2.43. The van der Waals surface area contributed by atoms with Crippen molar-refractivity contribution < 1.29 is 4.79 Å². The number of likely N-dealkylation sites (tertiary alicyclic amines) is 1. The molecule has 3 nitrogen and oxygen atoms in total. The molecule has 0 radical (unpaired) electrons. The first-order chi connectivity index (χ1) is 9.25. The third kappa shape index (κ3) is 3.18. The Morgan fingerprint density at radius 1 is 1.35 bits per heavy atom. The molecule has 20 heavy (non-hydrogen) atoms. The van der Waals surface area contributed by atoms with Gasteiger partial charge >= 0.3 is 0 Å². The van der Waals surface area contributed by atoms with E-state index >= 15 is 0 Å². The van der Waals surface area contributed by atoms with Gasteiger partial charge in [-0.3, -0.25) is 4.79 Å². The Balaban J connectivity index is 0.00000147. The van der Waals surface area contributed by atoms with Gasteiger partial charge in [-0.05, 0) is 62.1 Å². The first-order valence-electron chi connectivity index (χ1n) is 7.32. The number of rotatable bonds is 2. The molecular weight excluding hydrogens is 292 g/mol. The quantitative estimate of drug-likeness (QED) is 0.910. The molecule has 0 bridgehead atoms. The molecule has 0 saturated carbocycles.